The molecule has 0 unspecified atom stereocenters. The van der Waals surface area contributed by atoms with Crippen LogP contribution in [0.1, 0.15) is 13.8 Å². The van der Waals surface area contributed by atoms with Gasteiger partial charge in [-0.05, 0) is 61.0 Å². The van der Waals surface area contributed by atoms with Crippen LogP contribution in [0.3, 0.4) is 0 Å². The minimum Gasteiger partial charge on any atom is -0.494 e. The molecule has 0 heterocycles. The molecule has 2 N–H and O–H groups in total. The first-order valence-corrected chi connectivity index (χ1v) is 8.45. The molecule has 0 aliphatic heterocycles. The van der Waals surface area contributed by atoms with E-state index in [9.17, 15) is 4.79 Å². The molecule has 3 rings (SSSR count). The van der Waals surface area contributed by atoms with E-state index < -0.39 is 0 Å². The maximum absolute atomic E-state index is 12.4. The number of hydrogen-bond donors (Lipinski definition) is 2. The van der Waals surface area contributed by atoms with Crippen LogP contribution in [0.5, 0.6) is 5.75 Å². The van der Waals surface area contributed by atoms with Crippen molar-refractivity contribution in [2.45, 2.75) is 19.9 Å². The number of amides is 1. The molecule has 0 saturated carbocycles. The number of hydrogen-bond acceptors (Lipinski definition) is 3. The fraction of sp³-hybridized carbons (Fsp3) is 0.190. The molecule has 0 spiro atoms. The molecule has 0 saturated heterocycles. The van der Waals surface area contributed by atoms with Crippen LogP contribution in [0.25, 0.3) is 10.8 Å². The summed E-state index contributed by atoms with van der Waals surface area (Å²) in [5.41, 5.74) is 1.67. The third-order valence-corrected chi connectivity index (χ3v) is 3.96. The second-order valence-corrected chi connectivity index (χ2v) is 5.87. The Morgan fingerprint density at radius 3 is 2.36 bits per heavy atom. The minimum absolute atomic E-state index is 0.0795. The number of carbonyl (C=O) groups excluding carboxylic acids is 1. The maximum Gasteiger partial charge on any atom is 0.246 e. The molecule has 3 aromatic carbocycles. The maximum atomic E-state index is 12.4. The lowest BCUT2D eigenvalue weighted by atomic mass is 10.1. The highest BCUT2D eigenvalue weighted by molar-refractivity contribution is 5.98. The van der Waals surface area contributed by atoms with Crippen molar-refractivity contribution >= 4 is 28.1 Å². The molecule has 0 aromatic heterocycles. The highest BCUT2D eigenvalue weighted by atomic mass is 16.5. The van der Waals surface area contributed by atoms with Crippen LogP contribution in [0, 0.1) is 0 Å². The Morgan fingerprint density at radius 2 is 1.64 bits per heavy atom. The van der Waals surface area contributed by atoms with Gasteiger partial charge in [0.2, 0.25) is 5.91 Å². The lowest BCUT2D eigenvalue weighted by Gasteiger charge is -2.16. The van der Waals surface area contributed by atoms with E-state index in [0.717, 1.165) is 27.9 Å². The number of ether oxygens (including phenoxy) is 1. The van der Waals surface area contributed by atoms with Crippen LogP contribution in [-0.4, -0.2) is 18.6 Å². The first-order chi connectivity index (χ1) is 12.2. The zero-order chi connectivity index (χ0) is 17.6. The summed E-state index contributed by atoms with van der Waals surface area (Å²) in [6.45, 7) is 4.43. The van der Waals surface area contributed by atoms with Crippen LogP contribution < -0.4 is 15.4 Å². The predicted octanol–water partition coefficient (Wildman–Crippen LogP) is 4.68. The first kappa shape index (κ1) is 16.8. The summed E-state index contributed by atoms with van der Waals surface area (Å²) in [6.07, 6.45) is 0. The van der Waals surface area contributed by atoms with E-state index in [1.807, 2.05) is 74.5 Å². The average molecular weight is 334 g/mol. The summed E-state index contributed by atoms with van der Waals surface area (Å²) in [7, 11) is 0. The van der Waals surface area contributed by atoms with Gasteiger partial charge in [-0.25, -0.2) is 0 Å². The van der Waals surface area contributed by atoms with Crippen molar-refractivity contribution < 1.29 is 9.53 Å². The molecular formula is C21H22N2O2. The molecule has 25 heavy (non-hydrogen) atoms. The summed E-state index contributed by atoms with van der Waals surface area (Å²) in [4.78, 5) is 12.4. The van der Waals surface area contributed by atoms with Gasteiger partial charge < -0.3 is 15.4 Å². The lowest BCUT2D eigenvalue weighted by molar-refractivity contribution is -0.116. The fourth-order valence-corrected chi connectivity index (χ4v) is 2.65. The van der Waals surface area contributed by atoms with Gasteiger partial charge in [-0.1, -0.05) is 30.3 Å². The molecular weight excluding hydrogens is 312 g/mol. The zero-order valence-corrected chi connectivity index (χ0v) is 14.5. The molecule has 0 aliphatic rings. The predicted molar refractivity (Wildman–Crippen MR) is 103 cm³/mol. The molecule has 0 fully saturated rings. The number of benzene rings is 3. The number of fused-ring (bicyclic) bond motifs is 1. The Labute approximate surface area is 147 Å². The Balaban J connectivity index is 1.63. The molecule has 0 radical (unpaired) electrons. The topological polar surface area (TPSA) is 50.4 Å². The number of rotatable bonds is 6. The van der Waals surface area contributed by atoms with Gasteiger partial charge >= 0.3 is 0 Å². The van der Waals surface area contributed by atoms with Gasteiger partial charge in [0.25, 0.3) is 0 Å². The molecule has 128 valence electrons. The summed E-state index contributed by atoms with van der Waals surface area (Å²) in [6, 6.07) is 21.2. The van der Waals surface area contributed by atoms with Gasteiger partial charge in [-0.15, -0.1) is 0 Å². The van der Waals surface area contributed by atoms with E-state index in [1.165, 1.54) is 0 Å². The number of anilines is 2. The van der Waals surface area contributed by atoms with Crippen LogP contribution in [0.4, 0.5) is 11.4 Å². The molecule has 0 aliphatic carbocycles. The van der Waals surface area contributed by atoms with Gasteiger partial charge in [0.15, 0.2) is 0 Å². The molecule has 0 bridgehead atoms. The lowest BCUT2D eigenvalue weighted by Crippen LogP contribution is -2.31. The van der Waals surface area contributed by atoms with Crippen molar-refractivity contribution in [3.05, 3.63) is 66.7 Å². The molecule has 1 amide bonds. The van der Waals surface area contributed by atoms with E-state index >= 15 is 0 Å². The minimum atomic E-state index is -0.357. The third kappa shape index (κ3) is 4.29. The van der Waals surface area contributed by atoms with Crippen molar-refractivity contribution in [1.82, 2.24) is 0 Å². The van der Waals surface area contributed by atoms with Crippen LogP contribution in [-0.2, 0) is 4.79 Å². The van der Waals surface area contributed by atoms with Crippen LogP contribution in [0.15, 0.2) is 66.7 Å². The quantitative estimate of drug-likeness (QED) is 0.688. The number of nitrogens with one attached hydrogen (secondary N) is 2. The smallest absolute Gasteiger partial charge is 0.246 e. The molecule has 4 nitrogen and oxygen atoms in total. The van der Waals surface area contributed by atoms with E-state index in [4.69, 9.17) is 4.74 Å². The van der Waals surface area contributed by atoms with Crippen LogP contribution in [0.2, 0.25) is 0 Å². The summed E-state index contributed by atoms with van der Waals surface area (Å²) >= 11 is 0. The Morgan fingerprint density at radius 1 is 0.960 bits per heavy atom. The van der Waals surface area contributed by atoms with Crippen LogP contribution >= 0.6 is 0 Å². The first-order valence-electron chi connectivity index (χ1n) is 8.45. The molecule has 4 heteroatoms. The number of carbonyl (C=O) groups is 1. The molecule has 1 atom stereocenters. The average Bonchev–Trinajstić information content (AvgIpc) is 2.63. The van der Waals surface area contributed by atoms with Gasteiger partial charge in [0.1, 0.15) is 11.8 Å². The molecule has 3 aromatic rings. The summed E-state index contributed by atoms with van der Waals surface area (Å²) in [5.74, 6) is 0.741. The second-order valence-electron chi connectivity index (χ2n) is 5.87. The highest BCUT2D eigenvalue weighted by Gasteiger charge is 2.13. The normalized spacial score (nSPS) is 11.8. The standard InChI is InChI=1S/C21H22N2O2/c1-3-25-20-12-10-18(11-13-20)22-15(2)21(24)23-19-9-8-16-6-4-5-7-17(16)14-19/h4-15,22H,3H2,1-2H3,(H,23,24)/t15-/m0/s1. The second kappa shape index (κ2) is 7.71. The van der Waals surface area contributed by atoms with Gasteiger partial charge in [-0.2, -0.15) is 0 Å². The zero-order valence-electron chi connectivity index (χ0n) is 14.5. The van der Waals surface area contributed by atoms with Crippen molar-refractivity contribution in [3.63, 3.8) is 0 Å². The SMILES string of the molecule is CCOc1ccc(N[C@@H](C)C(=O)Nc2ccc3ccccc3c2)cc1. The van der Waals surface area contributed by atoms with Crippen molar-refractivity contribution in [2.75, 3.05) is 17.2 Å². The van der Waals surface area contributed by atoms with Crippen molar-refractivity contribution in [3.8, 4) is 5.75 Å². The van der Waals surface area contributed by atoms with Gasteiger partial charge in [0.05, 0.1) is 6.61 Å². The Bertz CT molecular complexity index is 859. The largest absolute Gasteiger partial charge is 0.494 e. The van der Waals surface area contributed by atoms with Gasteiger partial charge in [0, 0.05) is 11.4 Å². The summed E-state index contributed by atoms with van der Waals surface area (Å²) < 4.78 is 5.42. The third-order valence-electron chi connectivity index (χ3n) is 3.96. The fourth-order valence-electron chi connectivity index (χ4n) is 2.65. The highest BCUT2D eigenvalue weighted by Crippen LogP contribution is 2.20. The Hall–Kier alpha value is -3.01. The van der Waals surface area contributed by atoms with Crippen molar-refractivity contribution in [2.24, 2.45) is 0 Å². The van der Waals surface area contributed by atoms with Crippen molar-refractivity contribution in [1.29, 1.82) is 0 Å². The monoisotopic (exact) mass is 334 g/mol. The van der Waals surface area contributed by atoms with Gasteiger partial charge in [-0.3, -0.25) is 4.79 Å². The Kier molecular flexibility index (Phi) is 5.19. The van der Waals surface area contributed by atoms with E-state index in [2.05, 4.69) is 16.7 Å². The van der Waals surface area contributed by atoms with E-state index in [1.54, 1.807) is 0 Å². The summed E-state index contributed by atoms with van der Waals surface area (Å²) in [5, 5.41) is 8.42. The van der Waals surface area contributed by atoms with E-state index in [-0.39, 0.29) is 11.9 Å². The van der Waals surface area contributed by atoms with E-state index in [0.29, 0.717) is 6.61 Å².